The molecule has 2 aliphatic heterocycles. The SMILES string of the molecule is C.CC(=O)Nc1ccc(S(=O)(=O)N=[N+]=[N-])cc1.CC(=O)O[C@@]12CC(=[N+]=[N-])C(=O)C[C@@]13CCN(CC1CC1)[C@@H]2Cc1ccc(C)cc13.Cc1ccc2c(c1)[C@]13CCN(CC4CC4)[C@H](C2)[C@]1(O)CCC(=O)C3. The second-order valence-corrected chi connectivity index (χ2v) is 22.7. The van der Waals surface area contributed by atoms with Crippen LogP contribution in [0.4, 0.5) is 5.69 Å². The second kappa shape index (κ2) is 19.2. The monoisotopic (exact) mass is 974 g/mol. The van der Waals surface area contributed by atoms with Gasteiger partial charge in [0.2, 0.25) is 11.7 Å². The van der Waals surface area contributed by atoms with Crippen LogP contribution in [0.1, 0.15) is 125 Å². The van der Waals surface area contributed by atoms with E-state index in [1.165, 1.54) is 86.1 Å². The summed E-state index contributed by atoms with van der Waals surface area (Å²) in [6.07, 6.45) is 10.8. The van der Waals surface area contributed by atoms with Gasteiger partial charge in [-0.25, -0.2) is 8.42 Å². The number of amides is 1. The van der Waals surface area contributed by atoms with E-state index >= 15 is 0 Å². The normalized spacial score (nSPS) is 29.5. The Morgan fingerprint density at radius 3 is 1.90 bits per heavy atom. The number of carbonyl (C=O) groups is 4. The van der Waals surface area contributed by atoms with Crippen molar-refractivity contribution in [1.29, 1.82) is 0 Å². The smallest absolute Gasteiger partial charge is 0.338 e. The Hall–Kier alpha value is -5.54. The van der Waals surface area contributed by atoms with Crippen LogP contribution in [-0.2, 0) is 57.6 Å². The molecule has 11 rings (SSSR count). The third kappa shape index (κ3) is 9.16. The fourth-order valence-electron chi connectivity index (χ4n) is 13.1. The zero-order valence-corrected chi connectivity index (χ0v) is 40.8. The van der Waals surface area contributed by atoms with Crippen molar-refractivity contribution in [2.45, 2.75) is 158 Å². The standard InChI is InChI=1S/C23H27N3O3.C21H27NO2.C8H8N4O3S.CH4/c1-14-3-6-17-10-21-23(29-15(2)27)11-19(25-24)20(28)12-22(23,18(17)9-14)7-8-26(21)13-16-4-5-16;1-14-2-5-16-11-19-21(24)7-6-17(23)12-20(21,18(16)10-14)8-9-22(19)13-15-3-4-15;1-6(13)10-7-2-4-8(5-3-7)16(14,15)12-11-9;/h3,6,9,16,21H,4-5,7-8,10-13H2,1-2H3;2,5,10,15,19,24H,3-4,6-9,11-13H2,1H3;2-5H,1H3,(H,10,13);1H4/t21-,22-,23-;19-,20-,21-;;/m11../s1. The van der Waals surface area contributed by atoms with E-state index in [4.69, 9.17) is 10.3 Å². The van der Waals surface area contributed by atoms with E-state index in [0.717, 1.165) is 68.9 Å². The van der Waals surface area contributed by atoms with Gasteiger partial charge < -0.3 is 20.7 Å². The number of aryl methyl sites for hydroxylation is 2. The minimum absolute atomic E-state index is 0. The minimum atomic E-state index is -3.96. The molecular weight excluding hydrogens is 909 g/mol. The maximum Gasteiger partial charge on any atom is 0.338 e. The van der Waals surface area contributed by atoms with Crippen LogP contribution in [-0.4, -0.2) is 107 Å². The van der Waals surface area contributed by atoms with Gasteiger partial charge in [-0.1, -0.05) is 55.0 Å². The Morgan fingerprint density at radius 2 is 1.36 bits per heavy atom. The summed E-state index contributed by atoms with van der Waals surface area (Å²) in [5.74, 6) is 1.15. The molecule has 0 unspecified atom stereocenters. The number of hydrogen-bond donors (Lipinski definition) is 2. The van der Waals surface area contributed by atoms with Crippen molar-refractivity contribution in [3.63, 3.8) is 0 Å². The highest BCUT2D eigenvalue weighted by molar-refractivity contribution is 7.90. The molecule has 70 heavy (non-hydrogen) atoms. The van der Waals surface area contributed by atoms with Crippen molar-refractivity contribution in [1.82, 2.24) is 9.80 Å². The average Bonchev–Trinajstić information content (AvgIpc) is 4.25. The van der Waals surface area contributed by atoms with E-state index < -0.39 is 26.6 Å². The number of piperidine rings is 2. The van der Waals surface area contributed by atoms with Gasteiger partial charge in [-0.2, -0.15) is 4.79 Å². The molecule has 2 N–H and O–H groups in total. The molecule has 2 saturated heterocycles. The fourth-order valence-corrected chi connectivity index (χ4v) is 13.8. The molecule has 6 aliphatic carbocycles. The molecular formula is C53H66N8O8S. The van der Waals surface area contributed by atoms with Crippen LogP contribution < -0.4 is 5.32 Å². The summed E-state index contributed by atoms with van der Waals surface area (Å²) in [7, 11) is -3.96. The maximum atomic E-state index is 12.9. The van der Waals surface area contributed by atoms with Crippen molar-refractivity contribution < 1.29 is 42.2 Å². The Morgan fingerprint density at radius 1 is 0.800 bits per heavy atom. The number of esters is 1. The lowest BCUT2D eigenvalue weighted by Gasteiger charge is -2.63. The molecule has 1 amide bonds. The predicted octanol–water partition coefficient (Wildman–Crippen LogP) is 7.65. The quantitative estimate of drug-likeness (QED) is 0.0968. The number of sulfonamides is 1. The number of azide groups is 1. The maximum absolute atomic E-state index is 12.9. The molecule has 0 aromatic heterocycles. The number of nitrogens with one attached hydrogen (secondary N) is 1. The first-order valence-corrected chi connectivity index (χ1v) is 25.8. The third-order valence-corrected chi connectivity index (χ3v) is 17.7. The number of carbonyl (C=O) groups excluding carboxylic acids is 4. The summed E-state index contributed by atoms with van der Waals surface area (Å²) in [5, 5.41) is 14.4. The van der Waals surface area contributed by atoms with Crippen LogP contribution in [0.25, 0.3) is 16.0 Å². The van der Waals surface area contributed by atoms with Crippen LogP contribution in [0, 0.1) is 25.7 Å². The molecule has 16 nitrogen and oxygen atoms in total. The second-order valence-electron chi connectivity index (χ2n) is 21.1. The minimum Gasteiger partial charge on any atom is -0.456 e. The number of ether oxygens (including phenoxy) is 1. The van der Waals surface area contributed by atoms with Gasteiger partial charge in [0.15, 0.2) is 0 Å². The van der Waals surface area contributed by atoms with Crippen LogP contribution in [0.15, 0.2) is 70.1 Å². The van der Waals surface area contributed by atoms with Gasteiger partial charge in [-0.05, 0) is 149 Å². The summed E-state index contributed by atoms with van der Waals surface area (Å²) in [6.45, 7) is 11.0. The highest BCUT2D eigenvalue weighted by atomic mass is 32.2. The van der Waals surface area contributed by atoms with E-state index in [0.29, 0.717) is 36.7 Å². The molecule has 2 heterocycles. The largest absolute Gasteiger partial charge is 0.456 e. The van der Waals surface area contributed by atoms with Gasteiger partial charge in [0.05, 0.1) is 23.0 Å². The third-order valence-electron chi connectivity index (χ3n) is 16.6. The summed E-state index contributed by atoms with van der Waals surface area (Å²) in [4.78, 5) is 58.8. The molecule has 0 radical (unpaired) electrons. The summed E-state index contributed by atoms with van der Waals surface area (Å²) < 4.78 is 31.4. The zero-order chi connectivity index (χ0) is 49.1. The molecule has 372 valence electrons. The van der Waals surface area contributed by atoms with Gasteiger partial charge in [0.25, 0.3) is 10.0 Å². The Balaban J connectivity index is 0.000000146. The molecule has 6 fully saturated rings. The van der Waals surface area contributed by atoms with Gasteiger partial charge >= 0.3 is 11.7 Å². The van der Waals surface area contributed by atoms with Crippen molar-refractivity contribution in [3.8, 4) is 0 Å². The van der Waals surface area contributed by atoms with E-state index in [2.05, 4.69) is 79.6 Å². The number of Topliss-reactive ketones (excluding diaryl/α,β-unsaturated/α-hetero) is 2. The molecule has 6 atom stereocenters. The van der Waals surface area contributed by atoms with Gasteiger partial charge in [-0.15, -0.1) is 0 Å². The first-order chi connectivity index (χ1) is 32.9. The highest BCUT2D eigenvalue weighted by Crippen LogP contribution is 2.60. The van der Waals surface area contributed by atoms with E-state index in [1.54, 1.807) is 0 Å². The molecule has 3 aromatic carbocycles. The van der Waals surface area contributed by atoms with Gasteiger partial charge in [0.1, 0.15) is 11.4 Å². The van der Waals surface area contributed by atoms with Gasteiger partial charge in [0, 0.05) is 78.2 Å². The number of ketones is 2. The lowest BCUT2D eigenvalue weighted by molar-refractivity contribution is -0.200. The van der Waals surface area contributed by atoms with Crippen LogP contribution in [0.2, 0.25) is 0 Å². The molecule has 4 saturated carbocycles. The topological polar surface area (TPSA) is 236 Å². The number of likely N-dealkylation sites (tertiary alicyclic amines) is 2. The van der Waals surface area contributed by atoms with E-state index in [-0.39, 0.29) is 66.0 Å². The van der Waals surface area contributed by atoms with Crippen LogP contribution >= 0.6 is 0 Å². The lowest BCUT2D eigenvalue weighted by Crippen LogP contribution is -2.75. The Kier molecular flexibility index (Phi) is 14.0. The Bertz CT molecular complexity index is 2820. The number of hydrogen-bond acceptors (Lipinski definition) is 10. The summed E-state index contributed by atoms with van der Waals surface area (Å²) in [6, 6.07) is 18.6. The summed E-state index contributed by atoms with van der Waals surface area (Å²) in [5.41, 5.74) is 23.1. The molecule has 4 bridgehead atoms. The van der Waals surface area contributed by atoms with Crippen molar-refractivity contribution in [2.75, 3.05) is 31.5 Å². The number of benzene rings is 3. The zero-order valence-electron chi connectivity index (χ0n) is 39.9. The van der Waals surface area contributed by atoms with Crippen molar-refractivity contribution in [3.05, 3.63) is 110 Å². The number of fused-ring (bicyclic) bond motifs is 2. The molecule has 8 aliphatic rings. The van der Waals surface area contributed by atoms with Crippen molar-refractivity contribution >= 4 is 44.9 Å². The van der Waals surface area contributed by atoms with E-state index in [1.807, 2.05) is 0 Å². The molecule has 17 heteroatoms. The number of rotatable bonds is 8. The number of anilines is 1. The van der Waals surface area contributed by atoms with E-state index in [9.17, 15) is 38.2 Å². The van der Waals surface area contributed by atoms with Gasteiger partial charge in [-0.3, -0.25) is 29.0 Å². The number of nitrogens with zero attached hydrogens (tertiary/aromatic N) is 7. The Labute approximate surface area is 410 Å². The number of aliphatic hydroxyl groups is 1. The molecule has 0 spiro atoms. The van der Waals surface area contributed by atoms with Crippen molar-refractivity contribution in [2.24, 2.45) is 16.4 Å². The first-order valence-electron chi connectivity index (χ1n) is 24.4. The lowest BCUT2D eigenvalue weighted by atomic mass is 9.48. The average molecular weight is 975 g/mol. The molecule has 3 aromatic rings. The summed E-state index contributed by atoms with van der Waals surface area (Å²) >= 11 is 0. The highest BCUT2D eigenvalue weighted by Gasteiger charge is 2.71. The van der Waals surface area contributed by atoms with Crippen LogP contribution in [0.5, 0.6) is 0 Å². The van der Waals surface area contributed by atoms with Crippen LogP contribution in [0.3, 0.4) is 0 Å². The fraction of sp³-hybridized carbons (Fsp3) is 0.566. The predicted molar refractivity (Wildman–Crippen MR) is 264 cm³/mol. The first kappa shape index (κ1) is 50.8.